The Kier molecular flexibility index (Phi) is 2.22. The third kappa shape index (κ3) is 1.58. The molecule has 0 radical (unpaired) electrons. The number of rotatable bonds is 1. The Bertz CT molecular complexity index is 760. The number of thiophene rings is 1. The van der Waals surface area contributed by atoms with Gasteiger partial charge in [0.1, 0.15) is 0 Å². The summed E-state index contributed by atoms with van der Waals surface area (Å²) in [5, 5.41) is 4.90. The molecule has 1 atom stereocenters. The van der Waals surface area contributed by atoms with Gasteiger partial charge in [0.25, 0.3) is 0 Å². The van der Waals surface area contributed by atoms with E-state index in [9.17, 15) is 4.79 Å². The van der Waals surface area contributed by atoms with Crippen molar-refractivity contribution in [2.24, 2.45) is 0 Å². The summed E-state index contributed by atoms with van der Waals surface area (Å²) in [5.41, 5.74) is 1.98. The molecule has 5 heteroatoms. The lowest BCUT2D eigenvalue weighted by Crippen LogP contribution is -2.27. The number of imidazole rings is 1. The van der Waals surface area contributed by atoms with Crippen LogP contribution in [0.4, 0.5) is 5.95 Å². The molecule has 1 aliphatic heterocycles. The Morgan fingerprint density at radius 1 is 1.26 bits per heavy atom. The van der Waals surface area contributed by atoms with Gasteiger partial charge in [0.2, 0.25) is 11.9 Å². The molecule has 1 N–H and O–H groups in total. The zero-order valence-corrected chi connectivity index (χ0v) is 10.9. The van der Waals surface area contributed by atoms with Gasteiger partial charge in [0.15, 0.2) is 0 Å². The van der Waals surface area contributed by atoms with Crippen molar-refractivity contribution in [3.8, 4) is 0 Å². The summed E-state index contributed by atoms with van der Waals surface area (Å²) in [4.78, 5) is 17.5. The zero-order valence-electron chi connectivity index (χ0n) is 10.0. The van der Waals surface area contributed by atoms with Crippen molar-refractivity contribution < 1.29 is 4.79 Å². The highest BCUT2D eigenvalue weighted by Gasteiger charge is 2.29. The van der Waals surface area contributed by atoms with E-state index in [0.717, 1.165) is 11.0 Å². The van der Waals surface area contributed by atoms with Crippen molar-refractivity contribution in [1.29, 1.82) is 0 Å². The van der Waals surface area contributed by atoms with Crippen molar-refractivity contribution in [2.45, 2.75) is 12.5 Å². The molecule has 0 bridgehead atoms. The lowest BCUT2D eigenvalue weighted by atomic mass is 10.1. The summed E-state index contributed by atoms with van der Waals surface area (Å²) in [6, 6.07) is 12.1. The van der Waals surface area contributed by atoms with E-state index < -0.39 is 0 Å². The average Bonchev–Trinajstić information content (AvgIpc) is 3.04. The largest absolute Gasteiger partial charge is 0.301 e. The first-order valence-corrected chi connectivity index (χ1v) is 7.01. The molecule has 1 amide bonds. The molecule has 1 unspecified atom stereocenters. The molecule has 2 aromatic heterocycles. The summed E-state index contributed by atoms with van der Waals surface area (Å²) >= 11 is 1.68. The van der Waals surface area contributed by atoms with Crippen LogP contribution in [0, 0.1) is 0 Å². The van der Waals surface area contributed by atoms with Crippen LogP contribution < -0.4 is 5.32 Å². The van der Waals surface area contributed by atoms with Gasteiger partial charge < -0.3 is 4.57 Å². The van der Waals surface area contributed by atoms with E-state index >= 15 is 0 Å². The molecule has 0 fully saturated rings. The minimum Gasteiger partial charge on any atom is -0.301 e. The van der Waals surface area contributed by atoms with E-state index in [1.54, 1.807) is 11.3 Å². The first kappa shape index (κ1) is 10.8. The first-order chi connectivity index (χ1) is 9.33. The van der Waals surface area contributed by atoms with Crippen LogP contribution in [0.2, 0.25) is 0 Å². The lowest BCUT2D eigenvalue weighted by molar-refractivity contribution is -0.117. The molecule has 3 heterocycles. The standard InChI is InChI=1S/C14H11N3OS/c18-13-8-11(12-6-3-7-19-12)17-10-5-2-1-4-9(10)15-14(17)16-13/h1-7,11H,8H2,(H,15,16,18). The minimum atomic E-state index is 0.0289. The number of para-hydroxylation sites is 2. The molecular weight excluding hydrogens is 258 g/mol. The number of nitrogens with one attached hydrogen (secondary N) is 1. The van der Waals surface area contributed by atoms with Crippen LogP contribution >= 0.6 is 11.3 Å². The second-order valence-corrected chi connectivity index (χ2v) is 5.56. The summed E-state index contributed by atoms with van der Waals surface area (Å²) in [7, 11) is 0. The number of fused-ring (bicyclic) bond motifs is 3. The van der Waals surface area contributed by atoms with Gasteiger partial charge in [-0.2, -0.15) is 0 Å². The van der Waals surface area contributed by atoms with Crippen molar-refractivity contribution in [3.63, 3.8) is 0 Å². The number of hydrogen-bond donors (Lipinski definition) is 1. The molecule has 4 nitrogen and oxygen atoms in total. The Hall–Kier alpha value is -2.14. The van der Waals surface area contributed by atoms with Crippen LogP contribution in [0.15, 0.2) is 41.8 Å². The molecule has 94 valence electrons. The second kappa shape index (κ2) is 3.93. The minimum absolute atomic E-state index is 0.0289. The van der Waals surface area contributed by atoms with Gasteiger partial charge in [0, 0.05) is 4.88 Å². The van der Waals surface area contributed by atoms with Crippen LogP contribution in [0.1, 0.15) is 17.3 Å². The molecular formula is C14H11N3OS. The predicted octanol–water partition coefficient (Wildman–Crippen LogP) is 3.03. The molecule has 1 aliphatic rings. The van der Waals surface area contributed by atoms with E-state index in [2.05, 4.69) is 20.9 Å². The Balaban J connectivity index is 1.99. The van der Waals surface area contributed by atoms with Gasteiger partial charge in [0.05, 0.1) is 23.5 Å². The SMILES string of the molecule is O=C1CC(c2cccs2)n2c(nc3ccccc32)N1. The summed E-state index contributed by atoms with van der Waals surface area (Å²) in [6.45, 7) is 0. The Labute approximate surface area is 113 Å². The number of carbonyl (C=O) groups excluding carboxylic acids is 1. The predicted molar refractivity (Wildman–Crippen MR) is 75.4 cm³/mol. The molecule has 3 aromatic rings. The average molecular weight is 269 g/mol. The maximum atomic E-state index is 11.8. The van der Waals surface area contributed by atoms with E-state index in [1.807, 2.05) is 35.7 Å². The van der Waals surface area contributed by atoms with Crippen LogP contribution in [0.5, 0.6) is 0 Å². The number of hydrogen-bond acceptors (Lipinski definition) is 3. The molecule has 0 spiro atoms. The summed E-state index contributed by atoms with van der Waals surface area (Å²) in [5.74, 6) is 0.678. The highest BCUT2D eigenvalue weighted by molar-refractivity contribution is 7.10. The molecule has 0 saturated heterocycles. The fourth-order valence-corrected chi connectivity index (χ4v) is 3.42. The number of amides is 1. The number of aromatic nitrogens is 2. The van der Waals surface area contributed by atoms with Crippen LogP contribution in [-0.4, -0.2) is 15.5 Å². The highest BCUT2D eigenvalue weighted by Crippen LogP contribution is 2.35. The number of benzene rings is 1. The summed E-state index contributed by atoms with van der Waals surface area (Å²) in [6.07, 6.45) is 0.466. The fraction of sp³-hybridized carbons (Fsp3) is 0.143. The topological polar surface area (TPSA) is 46.9 Å². The van der Waals surface area contributed by atoms with Crippen molar-refractivity contribution in [1.82, 2.24) is 9.55 Å². The van der Waals surface area contributed by atoms with Crippen molar-refractivity contribution >= 4 is 34.2 Å². The van der Waals surface area contributed by atoms with Gasteiger partial charge in [-0.15, -0.1) is 11.3 Å². The van der Waals surface area contributed by atoms with E-state index in [4.69, 9.17) is 0 Å². The Morgan fingerprint density at radius 3 is 3.00 bits per heavy atom. The molecule has 4 rings (SSSR count). The number of anilines is 1. The van der Waals surface area contributed by atoms with Crippen molar-refractivity contribution in [2.75, 3.05) is 5.32 Å². The van der Waals surface area contributed by atoms with E-state index in [-0.39, 0.29) is 11.9 Å². The molecule has 0 aliphatic carbocycles. The number of carbonyl (C=O) groups is 1. The van der Waals surface area contributed by atoms with Crippen LogP contribution in [0.25, 0.3) is 11.0 Å². The maximum Gasteiger partial charge on any atom is 0.229 e. The van der Waals surface area contributed by atoms with Gasteiger partial charge in [-0.1, -0.05) is 18.2 Å². The van der Waals surface area contributed by atoms with Crippen molar-refractivity contribution in [3.05, 3.63) is 46.7 Å². The maximum absolute atomic E-state index is 11.8. The first-order valence-electron chi connectivity index (χ1n) is 6.13. The van der Waals surface area contributed by atoms with E-state index in [1.165, 1.54) is 4.88 Å². The molecule has 1 aromatic carbocycles. The normalized spacial score (nSPS) is 18.3. The highest BCUT2D eigenvalue weighted by atomic mass is 32.1. The van der Waals surface area contributed by atoms with Gasteiger partial charge in [-0.25, -0.2) is 4.98 Å². The smallest absolute Gasteiger partial charge is 0.229 e. The summed E-state index contributed by atoms with van der Waals surface area (Å²) < 4.78 is 2.13. The fourth-order valence-electron chi connectivity index (χ4n) is 2.60. The molecule has 0 saturated carbocycles. The molecule has 19 heavy (non-hydrogen) atoms. The van der Waals surface area contributed by atoms with Gasteiger partial charge in [-0.3, -0.25) is 10.1 Å². The van der Waals surface area contributed by atoms with Gasteiger partial charge in [-0.05, 0) is 23.6 Å². The van der Waals surface area contributed by atoms with Gasteiger partial charge >= 0.3 is 0 Å². The second-order valence-electron chi connectivity index (χ2n) is 4.58. The van der Waals surface area contributed by atoms with Crippen LogP contribution in [0.3, 0.4) is 0 Å². The Morgan fingerprint density at radius 2 is 2.16 bits per heavy atom. The number of nitrogens with zero attached hydrogens (tertiary/aromatic N) is 2. The quantitative estimate of drug-likeness (QED) is 0.738. The third-order valence-electron chi connectivity index (χ3n) is 3.41. The zero-order chi connectivity index (χ0) is 12.8. The monoisotopic (exact) mass is 269 g/mol. The van der Waals surface area contributed by atoms with Crippen LogP contribution in [-0.2, 0) is 4.79 Å². The van der Waals surface area contributed by atoms with E-state index in [0.29, 0.717) is 12.4 Å². The third-order valence-corrected chi connectivity index (χ3v) is 4.38. The lowest BCUT2D eigenvalue weighted by Gasteiger charge is -2.24.